The molecule has 0 atom stereocenters. The van der Waals surface area contributed by atoms with Crippen LogP contribution < -0.4 is 4.72 Å². The van der Waals surface area contributed by atoms with Crippen molar-refractivity contribution >= 4 is 22.0 Å². The number of benzene rings is 1. The highest BCUT2D eigenvalue weighted by Gasteiger charge is 2.10. The van der Waals surface area contributed by atoms with Crippen LogP contribution in [-0.4, -0.2) is 20.5 Å². The van der Waals surface area contributed by atoms with Crippen LogP contribution in [0.5, 0.6) is 0 Å². The number of anilines is 1. The van der Waals surface area contributed by atoms with E-state index >= 15 is 0 Å². The van der Waals surface area contributed by atoms with E-state index in [-0.39, 0.29) is 17.0 Å². The maximum absolute atomic E-state index is 13.1. The fourth-order valence-corrected chi connectivity index (χ4v) is 1.57. The van der Waals surface area contributed by atoms with Gasteiger partial charge in [0.15, 0.2) is 0 Å². The summed E-state index contributed by atoms with van der Waals surface area (Å²) in [6, 6.07) is 3.46. The molecule has 0 spiro atoms. The quantitative estimate of drug-likeness (QED) is 0.797. The number of hydrogen-bond donors (Lipinski definition) is 1. The van der Waals surface area contributed by atoms with Gasteiger partial charge in [0, 0.05) is 5.56 Å². The van der Waals surface area contributed by atoms with E-state index in [4.69, 9.17) is 0 Å². The molecule has 0 aliphatic heterocycles. The summed E-state index contributed by atoms with van der Waals surface area (Å²) in [6.45, 7) is 1.43. The average Bonchev–Trinajstić information content (AvgIpc) is 2.21. The molecule has 0 aliphatic rings. The number of hydrogen-bond acceptors (Lipinski definition) is 3. The minimum atomic E-state index is -3.53. The lowest BCUT2D eigenvalue weighted by atomic mass is 10.2. The average molecular weight is 231 g/mol. The van der Waals surface area contributed by atoms with E-state index in [2.05, 4.69) is 0 Å². The summed E-state index contributed by atoms with van der Waals surface area (Å²) in [5, 5.41) is 0. The topological polar surface area (TPSA) is 63.2 Å². The van der Waals surface area contributed by atoms with Gasteiger partial charge in [0.1, 0.15) is 12.1 Å². The highest BCUT2D eigenvalue weighted by atomic mass is 32.2. The number of rotatable bonds is 4. The monoisotopic (exact) mass is 231 g/mol. The third kappa shape index (κ3) is 3.02. The van der Waals surface area contributed by atoms with E-state index in [0.29, 0.717) is 6.29 Å². The zero-order chi connectivity index (χ0) is 11.5. The first kappa shape index (κ1) is 11.6. The highest BCUT2D eigenvalue weighted by molar-refractivity contribution is 7.92. The zero-order valence-electron chi connectivity index (χ0n) is 8.03. The molecule has 6 heteroatoms. The summed E-state index contributed by atoms with van der Waals surface area (Å²) >= 11 is 0. The summed E-state index contributed by atoms with van der Waals surface area (Å²) in [5.41, 5.74) is 0.00616. The van der Waals surface area contributed by atoms with Crippen molar-refractivity contribution in [3.05, 3.63) is 29.6 Å². The summed E-state index contributed by atoms with van der Waals surface area (Å²) in [6.07, 6.45) is 0.517. The number of halogens is 1. The van der Waals surface area contributed by atoms with Crippen molar-refractivity contribution in [1.29, 1.82) is 0 Å². The van der Waals surface area contributed by atoms with Crippen molar-refractivity contribution < 1.29 is 17.6 Å². The molecule has 1 rings (SSSR count). The normalized spacial score (nSPS) is 11.1. The predicted octanol–water partition coefficient (Wildman–Crippen LogP) is 1.40. The molecule has 0 fully saturated rings. The molecule has 1 aromatic rings. The van der Waals surface area contributed by atoms with E-state index < -0.39 is 15.8 Å². The molecule has 0 aromatic heterocycles. The Morgan fingerprint density at radius 1 is 1.47 bits per heavy atom. The van der Waals surface area contributed by atoms with Gasteiger partial charge >= 0.3 is 0 Å². The lowest BCUT2D eigenvalue weighted by Crippen LogP contribution is -2.15. The summed E-state index contributed by atoms with van der Waals surface area (Å²) in [5.74, 6) is -0.866. The third-order valence-corrected chi connectivity index (χ3v) is 3.06. The van der Waals surface area contributed by atoms with Gasteiger partial charge in [0.25, 0.3) is 0 Å². The lowest BCUT2D eigenvalue weighted by molar-refractivity contribution is 0.112. The van der Waals surface area contributed by atoms with Gasteiger partial charge in [-0.3, -0.25) is 9.52 Å². The van der Waals surface area contributed by atoms with Crippen LogP contribution in [0.1, 0.15) is 17.3 Å². The van der Waals surface area contributed by atoms with E-state index in [1.807, 2.05) is 4.72 Å². The summed E-state index contributed by atoms with van der Waals surface area (Å²) < 4.78 is 37.5. The van der Waals surface area contributed by atoms with Crippen molar-refractivity contribution in [3.63, 3.8) is 0 Å². The van der Waals surface area contributed by atoms with Crippen molar-refractivity contribution in [1.82, 2.24) is 0 Å². The van der Waals surface area contributed by atoms with Crippen LogP contribution in [0.2, 0.25) is 0 Å². The Hall–Kier alpha value is -1.43. The van der Waals surface area contributed by atoms with E-state index in [1.165, 1.54) is 13.0 Å². The summed E-state index contributed by atoms with van der Waals surface area (Å²) in [4.78, 5) is 10.4. The van der Waals surface area contributed by atoms with Gasteiger partial charge < -0.3 is 0 Å². The SMILES string of the molecule is CCS(=O)(=O)Nc1cc(C=O)ccc1F. The molecule has 0 heterocycles. The molecule has 0 aliphatic carbocycles. The van der Waals surface area contributed by atoms with E-state index in [1.54, 1.807) is 0 Å². The Morgan fingerprint density at radius 2 is 2.13 bits per heavy atom. The highest BCUT2D eigenvalue weighted by Crippen LogP contribution is 2.16. The molecule has 4 nitrogen and oxygen atoms in total. The molecule has 1 N–H and O–H groups in total. The first-order valence-electron chi connectivity index (χ1n) is 4.23. The van der Waals surface area contributed by atoms with Crippen LogP contribution in [0.3, 0.4) is 0 Å². The molecule has 0 bridgehead atoms. The number of aldehydes is 1. The number of carbonyl (C=O) groups excluding carboxylic acids is 1. The molecule has 0 amide bonds. The third-order valence-electron chi connectivity index (χ3n) is 1.77. The van der Waals surface area contributed by atoms with Gasteiger partial charge in [-0.05, 0) is 25.1 Å². The van der Waals surface area contributed by atoms with Gasteiger partial charge in [-0.15, -0.1) is 0 Å². The fraction of sp³-hybridized carbons (Fsp3) is 0.222. The van der Waals surface area contributed by atoms with E-state index in [9.17, 15) is 17.6 Å². The number of carbonyl (C=O) groups is 1. The smallest absolute Gasteiger partial charge is 0.232 e. The molecule has 0 saturated carbocycles. The molecule has 0 radical (unpaired) electrons. The Bertz CT molecular complexity index is 470. The summed E-state index contributed by atoms with van der Waals surface area (Å²) in [7, 11) is -3.53. The van der Waals surface area contributed by atoms with Gasteiger partial charge in [-0.1, -0.05) is 0 Å². The number of sulfonamides is 1. The van der Waals surface area contributed by atoms with Gasteiger partial charge in [-0.2, -0.15) is 0 Å². The predicted molar refractivity (Wildman–Crippen MR) is 54.9 cm³/mol. The van der Waals surface area contributed by atoms with Gasteiger partial charge in [-0.25, -0.2) is 12.8 Å². The Labute approximate surface area is 87.2 Å². The largest absolute Gasteiger partial charge is 0.298 e. The maximum atomic E-state index is 13.1. The molecular weight excluding hydrogens is 221 g/mol. The second kappa shape index (κ2) is 4.39. The van der Waals surface area contributed by atoms with Crippen LogP contribution in [0.4, 0.5) is 10.1 Å². The molecule has 15 heavy (non-hydrogen) atoms. The maximum Gasteiger partial charge on any atom is 0.232 e. The molecule has 0 unspecified atom stereocenters. The van der Waals surface area contributed by atoms with Gasteiger partial charge in [0.05, 0.1) is 11.4 Å². The minimum Gasteiger partial charge on any atom is -0.298 e. The molecule has 1 aromatic carbocycles. The Kier molecular flexibility index (Phi) is 3.41. The van der Waals surface area contributed by atoms with Crippen LogP contribution >= 0.6 is 0 Å². The van der Waals surface area contributed by atoms with E-state index in [0.717, 1.165) is 12.1 Å². The number of nitrogens with one attached hydrogen (secondary N) is 1. The fourth-order valence-electron chi connectivity index (χ4n) is 0.934. The van der Waals surface area contributed by atoms with Gasteiger partial charge in [0.2, 0.25) is 10.0 Å². The van der Waals surface area contributed by atoms with Crippen molar-refractivity contribution in [3.8, 4) is 0 Å². The standard InChI is InChI=1S/C9H10FNO3S/c1-2-15(13,14)11-9-5-7(6-12)3-4-8(9)10/h3-6,11H,2H2,1H3. The van der Waals surface area contributed by atoms with Crippen molar-refractivity contribution in [2.45, 2.75) is 6.92 Å². The molecular formula is C9H10FNO3S. The van der Waals surface area contributed by atoms with Crippen molar-refractivity contribution in [2.24, 2.45) is 0 Å². The van der Waals surface area contributed by atoms with Crippen LogP contribution in [0.15, 0.2) is 18.2 Å². The Balaban J connectivity index is 3.09. The first-order chi connectivity index (χ1) is 6.98. The van der Waals surface area contributed by atoms with Crippen LogP contribution in [0.25, 0.3) is 0 Å². The second-order valence-electron chi connectivity index (χ2n) is 2.86. The van der Waals surface area contributed by atoms with Crippen LogP contribution in [0, 0.1) is 5.82 Å². The van der Waals surface area contributed by atoms with Crippen molar-refractivity contribution in [2.75, 3.05) is 10.5 Å². The first-order valence-corrected chi connectivity index (χ1v) is 5.89. The molecule has 0 saturated heterocycles. The lowest BCUT2D eigenvalue weighted by Gasteiger charge is -2.07. The van der Waals surface area contributed by atoms with Crippen LogP contribution in [-0.2, 0) is 10.0 Å². The molecule has 82 valence electrons. The second-order valence-corrected chi connectivity index (χ2v) is 4.87. The zero-order valence-corrected chi connectivity index (χ0v) is 8.84. The minimum absolute atomic E-state index is 0.155. The Morgan fingerprint density at radius 3 is 2.67 bits per heavy atom.